The molecule has 35 heavy (non-hydrogen) atoms. The third-order valence-corrected chi connectivity index (χ3v) is 7.52. The molecule has 0 aliphatic carbocycles. The highest BCUT2D eigenvalue weighted by Crippen LogP contribution is 2.28. The Labute approximate surface area is 218 Å². The summed E-state index contributed by atoms with van der Waals surface area (Å²) in [6, 6.07) is 5.04. The van der Waals surface area contributed by atoms with Crippen molar-refractivity contribution in [3.05, 3.63) is 28.2 Å². The van der Waals surface area contributed by atoms with Crippen LogP contribution in [0.25, 0.3) is 0 Å². The lowest BCUT2D eigenvalue weighted by Gasteiger charge is -2.44. The SMILES string of the molecule is CC(C)(C)OC(=O)N1CCN(CC2CCOC2)C[C@@H]1C(=O)N1CCN(c2ccc(Cl)c(Cl)c2)CC1. The Hall–Kier alpha value is -1.74. The molecule has 194 valence electrons. The molecule has 3 aliphatic rings. The maximum Gasteiger partial charge on any atom is 0.411 e. The first-order chi connectivity index (χ1) is 16.6. The van der Waals surface area contributed by atoms with Gasteiger partial charge in [-0.1, -0.05) is 23.2 Å². The van der Waals surface area contributed by atoms with E-state index in [0.717, 1.165) is 38.4 Å². The van der Waals surface area contributed by atoms with Crippen LogP contribution < -0.4 is 4.90 Å². The molecule has 0 N–H and O–H groups in total. The van der Waals surface area contributed by atoms with Crippen molar-refractivity contribution < 1.29 is 19.1 Å². The van der Waals surface area contributed by atoms with Gasteiger partial charge in [0, 0.05) is 64.7 Å². The van der Waals surface area contributed by atoms with Crippen LogP contribution in [-0.2, 0) is 14.3 Å². The Bertz CT molecular complexity index is 911. The molecule has 0 spiro atoms. The van der Waals surface area contributed by atoms with E-state index in [1.807, 2.05) is 37.8 Å². The van der Waals surface area contributed by atoms with Gasteiger partial charge in [0.1, 0.15) is 11.6 Å². The zero-order chi connectivity index (χ0) is 25.2. The largest absolute Gasteiger partial charge is 0.444 e. The second-order valence-corrected chi connectivity index (χ2v) is 11.4. The lowest BCUT2D eigenvalue weighted by Crippen LogP contribution is -2.63. The minimum absolute atomic E-state index is 0.0166. The minimum atomic E-state index is -0.617. The maximum atomic E-state index is 13.7. The van der Waals surface area contributed by atoms with E-state index in [-0.39, 0.29) is 5.91 Å². The second kappa shape index (κ2) is 11.1. The van der Waals surface area contributed by atoms with E-state index in [2.05, 4.69) is 9.80 Å². The van der Waals surface area contributed by atoms with E-state index >= 15 is 0 Å². The van der Waals surface area contributed by atoms with Gasteiger partial charge in [-0.3, -0.25) is 14.6 Å². The highest BCUT2D eigenvalue weighted by molar-refractivity contribution is 6.42. The standard InChI is InChI=1S/C25H36Cl2N4O4/c1-25(2,3)35-24(33)31-12-7-28(15-18-6-13-34-17-18)16-22(31)23(32)30-10-8-29(9-11-30)19-4-5-20(26)21(27)14-19/h4-5,14,18,22H,6-13,15-17H2,1-3H3/t18?,22-/m1/s1. The molecular formula is C25H36Cl2N4O4. The molecule has 0 saturated carbocycles. The van der Waals surface area contributed by atoms with Crippen LogP contribution >= 0.6 is 23.2 Å². The van der Waals surface area contributed by atoms with Crippen molar-refractivity contribution in [3.63, 3.8) is 0 Å². The number of nitrogens with zero attached hydrogens (tertiary/aromatic N) is 4. The summed E-state index contributed by atoms with van der Waals surface area (Å²) in [5.41, 5.74) is 0.374. The topological polar surface area (TPSA) is 65.6 Å². The maximum absolute atomic E-state index is 13.7. The molecule has 2 amide bonds. The first kappa shape index (κ1) is 26.3. The van der Waals surface area contributed by atoms with Crippen molar-refractivity contribution in [2.45, 2.75) is 38.8 Å². The number of hydrogen-bond acceptors (Lipinski definition) is 6. The van der Waals surface area contributed by atoms with Crippen LogP contribution in [0.5, 0.6) is 0 Å². The van der Waals surface area contributed by atoms with Gasteiger partial charge in [-0.25, -0.2) is 4.79 Å². The molecule has 8 nitrogen and oxygen atoms in total. The number of amides is 2. The van der Waals surface area contributed by atoms with Gasteiger partial charge in [-0.05, 0) is 51.3 Å². The van der Waals surface area contributed by atoms with Gasteiger partial charge in [-0.2, -0.15) is 0 Å². The summed E-state index contributed by atoms with van der Waals surface area (Å²) >= 11 is 12.3. The molecule has 2 atom stereocenters. The fourth-order valence-electron chi connectivity index (χ4n) is 4.93. The molecule has 3 fully saturated rings. The number of anilines is 1. The molecule has 4 rings (SSSR count). The highest BCUT2D eigenvalue weighted by Gasteiger charge is 2.40. The van der Waals surface area contributed by atoms with Crippen molar-refractivity contribution in [3.8, 4) is 0 Å². The van der Waals surface area contributed by atoms with Gasteiger partial charge in [-0.15, -0.1) is 0 Å². The van der Waals surface area contributed by atoms with Gasteiger partial charge < -0.3 is 19.3 Å². The van der Waals surface area contributed by atoms with Gasteiger partial charge in [0.15, 0.2) is 0 Å². The number of halogens is 2. The lowest BCUT2D eigenvalue weighted by molar-refractivity contribution is -0.139. The van der Waals surface area contributed by atoms with Crippen LogP contribution in [0.2, 0.25) is 10.0 Å². The predicted molar refractivity (Wildman–Crippen MR) is 137 cm³/mol. The quantitative estimate of drug-likeness (QED) is 0.597. The van der Waals surface area contributed by atoms with E-state index in [9.17, 15) is 9.59 Å². The van der Waals surface area contributed by atoms with Gasteiger partial charge in [0.25, 0.3) is 0 Å². The van der Waals surface area contributed by atoms with Crippen molar-refractivity contribution in [1.29, 1.82) is 0 Å². The van der Waals surface area contributed by atoms with Gasteiger partial charge >= 0.3 is 6.09 Å². The summed E-state index contributed by atoms with van der Waals surface area (Å²) in [7, 11) is 0. The predicted octanol–water partition coefficient (Wildman–Crippen LogP) is 3.60. The van der Waals surface area contributed by atoms with Crippen molar-refractivity contribution in [2.24, 2.45) is 5.92 Å². The zero-order valence-corrected chi connectivity index (χ0v) is 22.4. The van der Waals surface area contributed by atoms with Crippen molar-refractivity contribution in [2.75, 3.05) is 70.5 Å². The molecule has 0 aromatic heterocycles. The highest BCUT2D eigenvalue weighted by atomic mass is 35.5. The van der Waals surface area contributed by atoms with E-state index < -0.39 is 17.7 Å². The first-order valence-electron chi connectivity index (χ1n) is 12.4. The molecule has 1 unspecified atom stereocenters. The number of hydrogen-bond donors (Lipinski definition) is 0. The van der Waals surface area contributed by atoms with Crippen LogP contribution in [0.3, 0.4) is 0 Å². The molecular weight excluding hydrogens is 491 g/mol. The summed E-state index contributed by atoms with van der Waals surface area (Å²) in [5.74, 6) is 0.464. The van der Waals surface area contributed by atoms with E-state index in [0.29, 0.717) is 55.2 Å². The summed E-state index contributed by atoms with van der Waals surface area (Å²) in [4.78, 5) is 34.7. The number of rotatable bonds is 4. The second-order valence-electron chi connectivity index (χ2n) is 10.6. The number of carbonyl (C=O) groups is 2. The number of carbonyl (C=O) groups excluding carboxylic acids is 2. The fraction of sp³-hybridized carbons (Fsp3) is 0.680. The normalized spacial score (nSPS) is 24.1. The van der Waals surface area contributed by atoms with E-state index in [1.54, 1.807) is 11.0 Å². The first-order valence-corrected chi connectivity index (χ1v) is 13.1. The smallest absolute Gasteiger partial charge is 0.411 e. The van der Waals surface area contributed by atoms with Crippen LogP contribution in [-0.4, -0.2) is 104 Å². The third kappa shape index (κ3) is 6.73. The monoisotopic (exact) mass is 526 g/mol. The number of piperazine rings is 2. The molecule has 3 heterocycles. The summed E-state index contributed by atoms with van der Waals surface area (Å²) in [6.07, 6.45) is 0.621. The lowest BCUT2D eigenvalue weighted by atomic mass is 10.1. The molecule has 1 aromatic carbocycles. The Kier molecular flexibility index (Phi) is 8.36. The average Bonchev–Trinajstić information content (AvgIpc) is 3.32. The van der Waals surface area contributed by atoms with Gasteiger partial charge in [0.2, 0.25) is 5.91 Å². The summed E-state index contributed by atoms with van der Waals surface area (Å²) in [5, 5.41) is 1.04. The van der Waals surface area contributed by atoms with E-state index in [4.69, 9.17) is 32.7 Å². The minimum Gasteiger partial charge on any atom is -0.444 e. The zero-order valence-electron chi connectivity index (χ0n) is 20.8. The molecule has 0 radical (unpaired) electrons. The van der Waals surface area contributed by atoms with Crippen LogP contribution in [0.4, 0.5) is 10.5 Å². The summed E-state index contributed by atoms with van der Waals surface area (Å²) in [6.45, 7) is 12.2. The van der Waals surface area contributed by atoms with Crippen molar-refractivity contribution in [1.82, 2.24) is 14.7 Å². The number of benzene rings is 1. The molecule has 3 aliphatic heterocycles. The molecule has 1 aromatic rings. The average molecular weight is 527 g/mol. The Morgan fingerprint density at radius 3 is 2.43 bits per heavy atom. The molecule has 3 saturated heterocycles. The Balaban J connectivity index is 1.42. The third-order valence-electron chi connectivity index (χ3n) is 6.78. The fourth-order valence-corrected chi connectivity index (χ4v) is 5.22. The van der Waals surface area contributed by atoms with E-state index in [1.165, 1.54) is 0 Å². The van der Waals surface area contributed by atoms with Crippen LogP contribution in [0.15, 0.2) is 18.2 Å². The number of ether oxygens (including phenoxy) is 2. The molecule has 0 bridgehead atoms. The van der Waals surface area contributed by atoms with Crippen LogP contribution in [0, 0.1) is 5.92 Å². The Morgan fingerprint density at radius 1 is 1.06 bits per heavy atom. The Morgan fingerprint density at radius 2 is 1.80 bits per heavy atom. The van der Waals surface area contributed by atoms with Crippen molar-refractivity contribution >= 4 is 40.9 Å². The molecule has 10 heteroatoms. The van der Waals surface area contributed by atoms with Gasteiger partial charge in [0.05, 0.1) is 16.7 Å². The summed E-state index contributed by atoms with van der Waals surface area (Å²) < 4.78 is 11.2. The van der Waals surface area contributed by atoms with Crippen LogP contribution in [0.1, 0.15) is 27.2 Å².